The van der Waals surface area contributed by atoms with E-state index in [0.717, 1.165) is 12.8 Å². The Morgan fingerprint density at radius 2 is 2.06 bits per heavy atom. The second-order valence-electron chi connectivity index (χ2n) is 4.12. The maximum Gasteiger partial charge on any atom is 0.186 e. The predicted octanol–water partition coefficient (Wildman–Crippen LogP) is 3.01. The van der Waals surface area contributed by atoms with E-state index in [4.69, 9.17) is 4.74 Å². The summed E-state index contributed by atoms with van der Waals surface area (Å²) in [6.07, 6.45) is 2.37. The molecule has 2 rings (SSSR count). The largest absolute Gasteiger partial charge is 0.373 e. The van der Waals surface area contributed by atoms with Crippen LogP contribution in [0.2, 0.25) is 0 Å². The van der Waals surface area contributed by atoms with Gasteiger partial charge in [0.15, 0.2) is 5.12 Å². The first-order chi connectivity index (χ1) is 7.74. The van der Waals surface area contributed by atoms with Gasteiger partial charge in [0, 0.05) is 12.2 Å². The van der Waals surface area contributed by atoms with E-state index in [1.165, 1.54) is 17.3 Å². The van der Waals surface area contributed by atoms with Crippen LogP contribution in [-0.4, -0.2) is 16.5 Å². The van der Waals surface area contributed by atoms with Gasteiger partial charge in [-0.15, -0.1) is 0 Å². The number of hydrogen-bond donors (Lipinski definition) is 0. The number of ether oxygens (including phenoxy) is 1. The predicted molar refractivity (Wildman–Crippen MR) is 66.3 cm³/mol. The molecule has 0 aromatic heterocycles. The van der Waals surface area contributed by atoms with Crippen LogP contribution < -0.4 is 0 Å². The van der Waals surface area contributed by atoms with Crippen molar-refractivity contribution in [1.29, 1.82) is 0 Å². The van der Waals surface area contributed by atoms with E-state index < -0.39 is 0 Å². The van der Waals surface area contributed by atoms with Crippen molar-refractivity contribution in [2.75, 3.05) is 0 Å². The Bertz CT molecular complexity index is 344. The Kier molecular flexibility index (Phi) is 4.02. The Morgan fingerprint density at radius 3 is 2.69 bits per heavy atom. The van der Waals surface area contributed by atoms with Gasteiger partial charge in [0.05, 0.1) is 12.7 Å². The van der Waals surface area contributed by atoms with Crippen molar-refractivity contribution in [2.45, 2.75) is 37.7 Å². The number of benzene rings is 1. The van der Waals surface area contributed by atoms with E-state index in [1.807, 2.05) is 18.2 Å². The van der Waals surface area contributed by atoms with E-state index in [1.54, 1.807) is 6.92 Å². The molecule has 0 N–H and O–H groups in total. The summed E-state index contributed by atoms with van der Waals surface area (Å²) in [5.74, 6) is 0. The molecule has 2 nitrogen and oxygen atoms in total. The summed E-state index contributed by atoms with van der Waals surface area (Å²) >= 11 is 1.45. The highest BCUT2D eigenvalue weighted by Gasteiger charge is 2.31. The van der Waals surface area contributed by atoms with Crippen LogP contribution in [0.4, 0.5) is 0 Å². The molecule has 1 aliphatic carbocycles. The second-order valence-corrected chi connectivity index (χ2v) is 5.60. The zero-order valence-corrected chi connectivity index (χ0v) is 10.2. The lowest BCUT2D eigenvalue weighted by atomic mass is 9.95. The van der Waals surface area contributed by atoms with Crippen molar-refractivity contribution in [3.63, 3.8) is 0 Å². The smallest absolute Gasteiger partial charge is 0.186 e. The minimum Gasteiger partial charge on any atom is -0.373 e. The lowest BCUT2D eigenvalue weighted by molar-refractivity contribution is -0.109. The maximum absolute atomic E-state index is 10.9. The normalized spacial score (nSPS) is 23.8. The molecular formula is C13H16O2S. The van der Waals surface area contributed by atoms with E-state index >= 15 is 0 Å². The molecule has 0 saturated heterocycles. The molecule has 0 aliphatic heterocycles. The lowest BCUT2D eigenvalue weighted by Crippen LogP contribution is -2.33. The van der Waals surface area contributed by atoms with Gasteiger partial charge >= 0.3 is 0 Å². The fourth-order valence-electron chi connectivity index (χ4n) is 1.77. The molecule has 1 aromatic carbocycles. The van der Waals surface area contributed by atoms with Gasteiger partial charge in [-0.25, -0.2) is 0 Å². The molecule has 86 valence electrons. The third kappa shape index (κ3) is 3.35. The molecule has 0 amide bonds. The Hall–Kier alpha value is -0.800. The van der Waals surface area contributed by atoms with Crippen molar-refractivity contribution >= 4 is 16.9 Å². The molecule has 0 spiro atoms. The topological polar surface area (TPSA) is 26.3 Å². The molecule has 1 aliphatic rings. The van der Waals surface area contributed by atoms with Gasteiger partial charge in [-0.1, -0.05) is 42.1 Å². The first kappa shape index (κ1) is 11.7. The molecule has 0 radical (unpaired) electrons. The van der Waals surface area contributed by atoms with Crippen LogP contribution in [0.1, 0.15) is 25.3 Å². The number of hydrogen-bond acceptors (Lipinski definition) is 3. The third-order valence-electron chi connectivity index (χ3n) is 2.71. The molecule has 16 heavy (non-hydrogen) atoms. The number of carbonyl (C=O) groups is 1. The van der Waals surface area contributed by atoms with Gasteiger partial charge in [-0.05, 0) is 18.4 Å². The van der Waals surface area contributed by atoms with Crippen molar-refractivity contribution in [3.8, 4) is 0 Å². The van der Waals surface area contributed by atoms with E-state index in [-0.39, 0.29) is 5.12 Å². The minimum atomic E-state index is 0.214. The molecular weight excluding hydrogens is 220 g/mol. The fraction of sp³-hybridized carbons (Fsp3) is 0.462. The van der Waals surface area contributed by atoms with Crippen molar-refractivity contribution in [2.24, 2.45) is 0 Å². The zero-order valence-electron chi connectivity index (χ0n) is 9.39. The second kappa shape index (κ2) is 5.51. The molecule has 3 heteroatoms. The van der Waals surface area contributed by atoms with Crippen LogP contribution in [0.5, 0.6) is 0 Å². The first-order valence-corrected chi connectivity index (χ1v) is 6.45. The SMILES string of the molecule is CC(=O)S[C@H]1C[C@H](OCc2ccccc2)C1. The van der Waals surface area contributed by atoms with Crippen molar-refractivity contribution < 1.29 is 9.53 Å². The number of rotatable bonds is 4. The van der Waals surface area contributed by atoms with E-state index in [9.17, 15) is 4.79 Å². The monoisotopic (exact) mass is 236 g/mol. The Balaban J connectivity index is 1.65. The highest BCUT2D eigenvalue weighted by Crippen LogP contribution is 2.34. The van der Waals surface area contributed by atoms with Crippen LogP contribution in [0.15, 0.2) is 30.3 Å². The van der Waals surface area contributed by atoms with Crippen LogP contribution in [0.25, 0.3) is 0 Å². The standard InChI is InChI=1S/C13H16O2S/c1-10(14)16-13-7-12(8-13)15-9-11-5-3-2-4-6-11/h2-6,12-13H,7-9H2,1H3/t12-,13-. The summed E-state index contributed by atoms with van der Waals surface area (Å²) in [6, 6.07) is 10.2. The number of thioether (sulfide) groups is 1. The minimum absolute atomic E-state index is 0.214. The Morgan fingerprint density at radius 1 is 1.38 bits per heavy atom. The molecule has 1 saturated carbocycles. The molecule has 1 aromatic rings. The highest BCUT2D eigenvalue weighted by atomic mass is 32.2. The van der Waals surface area contributed by atoms with E-state index in [0.29, 0.717) is 18.0 Å². The lowest BCUT2D eigenvalue weighted by Gasteiger charge is -2.33. The number of carbonyl (C=O) groups excluding carboxylic acids is 1. The molecule has 1 fully saturated rings. The molecule has 0 bridgehead atoms. The van der Waals surface area contributed by atoms with Gasteiger partial charge in [-0.3, -0.25) is 4.79 Å². The summed E-state index contributed by atoms with van der Waals surface area (Å²) in [5, 5.41) is 0.699. The summed E-state index contributed by atoms with van der Waals surface area (Å²) < 4.78 is 5.75. The summed E-state index contributed by atoms with van der Waals surface area (Å²) in [4.78, 5) is 10.9. The fourth-order valence-corrected chi connectivity index (χ4v) is 2.86. The van der Waals surface area contributed by atoms with Gasteiger partial charge < -0.3 is 4.74 Å². The third-order valence-corrected chi connectivity index (χ3v) is 3.76. The molecule has 0 unspecified atom stereocenters. The van der Waals surface area contributed by atoms with Crippen LogP contribution in [0, 0.1) is 0 Å². The van der Waals surface area contributed by atoms with Gasteiger partial charge in [0.2, 0.25) is 0 Å². The quantitative estimate of drug-likeness (QED) is 0.804. The Labute approximate surface area is 100 Å². The molecule has 0 atom stereocenters. The van der Waals surface area contributed by atoms with Crippen LogP contribution in [-0.2, 0) is 16.1 Å². The van der Waals surface area contributed by atoms with Gasteiger partial charge in [-0.2, -0.15) is 0 Å². The van der Waals surface area contributed by atoms with Crippen LogP contribution >= 0.6 is 11.8 Å². The van der Waals surface area contributed by atoms with Gasteiger partial charge in [0.1, 0.15) is 0 Å². The van der Waals surface area contributed by atoms with Crippen molar-refractivity contribution in [1.82, 2.24) is 0 Å². The summed E-state index contributed by atoms with van der Waals surface area (Å²) in [7, 11) is 0. The van der Waals surface area contributed by atoms with E-state index in [2.05, 4.69) is 12.1 Å². The highest BCUT2D eigenvalue weighted by molar-refractivity contribution is 8.14. The average molecular weight is 236 g/mol. The summed E-state index contributed by atoms with van der Waals surface area (Å²) in [5.41, 5.74) is 1.21. The zero-order chi connectivity index (χ0) is 11.4. The van der Waals surface area contributed by atoms with Gasteiger partial charge in [0.25, 0.3) is 0 Å². The average Bonchev–Trinajstić information content (AvgIpc) is 2.22. The van der Waals surface area contributed by atoms with Crippen molar-refractivity contribution in [3.05, 3.63) is 35.9 Å². The van der Waals surface area contributed by atoms with Crippen LogP contribution in [0.3, 0.4) is 0 Å². The summed E-state index contributed by atoms with van der Waals surface area (Å²) in [6.45, 7) is 2.31. The molecule has 0 heterocycles. The maximum atomic E-state index is 10.9. The first-order valence-electron chi connectivity index (χ1n) is 5.57.